The number of fused-ring (bicyclic) bond motifs is 3. The van der Waals surface area contributed by atoms with Crippen molar-refractivity contribution in [3.8, 4) is 11.5 Å². The van der Waals surface area contributed by atoms with Crippen molar-refractivity contribution in [3.05, 3.63) is 58.8 Å². The number of aliphatic imine (C=N–C) groups is 1. The Kier molecular flexibility index (Phi) is 5.40. The molecule has 0 atom stereocenters. The number of carboxylic acids is 1. The molecule has 4 rings (SSSR count). The molecular formula is C23H21N3O6. The number of aliphatic carboxylic acids is 1. The lowest BCUT2D eigenvalue weighted by atomic mass is 9.96. The van der Waals surface area contributed by atoms with Crippen LogP contribution >= 0.6 is 0 Å². The first-order valence-electron chi connectivity index (χ1n) is 9.79. The number of Topliss-reactive ketones (excluding diaryl/α,β-unsaturated/α-hetero) is 1. The summed E-state index contributed by atoms with van der Waals surface area (Å²) in [7, 11) is 3.09. The van der Waals surface area contributed by atoms with E-state index in [-0.39, 0.29) is 42.1 Å². The molecule has 1 aliphatic heterocycles. The fourth-order valence-electron chi connectivity index (χ4n) is 4.09. The largest absolute Gasteiger partial charge is 0.497 e. The van der Waals surface area contributed by atoms with Gasteiger partial charge < -0.3 is 24.9 Å². The average molecular weight is 435 g/mol. The van der Waals surface area contributed by atoms with Crippen molar-refractivity contribution < 1.29 is 29.0 Å². The van der Waals surface area contributed by atoms with E-state index in [1.165, 1.54) is 0 Å². The first-order chi connectivity index (χ1) is 15.3. The zero-order valence-electron chi connectivity index (χ0n) is 17.5. The van der Waals surface area contributed by atoms with Crippen molar-refractivity contribution in [2.75, 3.05) is 20.8 Å². The van der Waals surface area contributed by atoms with Gasteiger partial charge in [0, 0.05) is 23.6 Å². The van der Waals surface area contributed by atoms with Gasteiger partial charge in [0.1, 0.15) is 18.0 Å². The summed E-state index contributed by atoms with van der Waals surface area (Å²) in [5, 5.41) is 9.82. The Morgan fingerprint density at radius 3 is 2.44 bits per heavy atom. The summed E-state index contributed by atoms with van der Waals surface area (Å²) in [5.74, 6) is -0.876. The second-order valence-corrected chi connectivity index (χ2v) is 7.35. The van der Waals surface area contributed by atoms with Crippen LogP contribution in [0.15, 0.2) is 41.4 Å². The molecule has 0 radical (unpaired) electrons. The zero-order chi connectivity index (χ0) is 23.0. The molecule has 2 aromatic carbocycles. The fraction of sp³-hybridized carbons (Fsp3) is 0.217. The number of ketones is 1. The van der Waals surface area contributed by atoms with E-state index in [2.05, 4.69) is 4.99 Å². The lowest BCUT2D eigenvalue weighted by Gasteiger charge is -2.17. The van der Waals surface area contributed by atoms with Crippen molar-refractivity contribution >= 4 is 34.3 Å². The SMILES string of the molecule is COc1cc(Cn2c3c(c4c(C(N)=O)cccc42)C(=O)CN=C3CC(=O)O)cc(OC)c1. The number of aromatic nitrogens is 1. The Balaban J connectivity index is 2.02. The monoisotopic (exact) mass is 435 g/mol. The Labute approximate surface area is 183 Å². The molecule has 9 nitrogen and oxygen atoms in total. The lowest BCUT2D eigenvalue weighted by Crippen LogP contribution is -2.24. The van der Waals surface area contributed by atoms with E-state index in [0.29, 0.717) is 28.1 Å². The summed E-state index contributed by atoms with van der Waals surface area (Å²) in [6.07, 6.45) is -0.357. The summed E-state index contributed by atoms with van der Waals surface area (Å²) in [4.78, 5) is 40.8. The van der Waals surface area contributed by atoms with Gasteiger partial charge in [-0.1, -0.05) is 6.07 Å². The number of primary amides is 1. The maximum absolute atomic E-state index is 12.9. The molecule has 3 N–H and O–H groups in total. The smallest absolute Gasteiger partial charge is 0.309 e. The van der Waals surface area contributed by atoms with Gasteiger partial charge in [0.15, 0.2) is 5.78 Å². The average Bonchev–Trinajstić information content (AvgIpc) is 3.10. The van der Waals surface area contributed by atoms with Crippen LogP contribution in [0.1, 0.15) is 38.4 Å². The number of hydrogen-bond acceptors (Lipinski definition) is 6. The Morgan fingerprint density at radius 2 is 1.84 bits per heavy atom. The van der Waals surface area contributed by atoms with Crippen LogP contribution < -0.4 is 15.2 Å². The van der Waals surface area contributed by atoms with Gasteiger partial charge in [0.2, 0.25) is 5.91 Å². The summed E-state index contributed by atoms with van der Waals surface area (Å²) in [6, 6.07) is 10.4. The van der Waals surface area contributed by atoms with Gasteiger partial charge in [-0.15, -0.1) is 0 Å². The highest BCUT2D eigenvalue weighted by atomic mass is 16.5. The molecule has 164 valence electrons. The van der Waals surface area contributed by atoms with Crippen molar-refractivity contribution in [2.24, 2.45) is 10.7 Å². The molecule has 9 heteroatoms. The van der Waals surface area contributed by atoms with E-state index in [1.807, 2.05) is 12.1 Å². The molecule has 0 saturated heterocycles. The van der Waals surface area contributed by atoms with E-state index in [0.717, 1.165) is 5.56 Å². The minimum Gasteiger partial charge on any atom is -0.497 e. The minimum atomic E-state index is -1.07. The number of ether oxygens (including phenoxy) is 2. The van der Waals surface area contributed by atoms with Crippen LogP contribution in [-0.4, -0.2) is 53.8 Å². The van der Waals surface area contributed by atoms with Crippen LogP contribution in [0.4, 0.5) is 0 Å². The van der Waals surface area contributed by atoms with E-state index >= 15 is 0 Å². The molecule has 0 bridgehead atoms. The van der Waals surface area contributed by atoms with Gasteiger partial charge in [0.05, 0.1) is 43.1 Å². The van der Waals surface area contributed by atoms with Gasteiger partial charge in [-0.3, -0.25) is 19.4 Å². The van der Waals surface area contributed by atoms with Crippen LogP contribution in [0.25, 0.3) is 10.9 Å². The summed E-state index contributed by atoms with van der Waals surface area (Å²) >= 11 is 0. The first kappa shape index (κ1) is 21.1. The Hall–Kier alpha value is -4.14. The lowest BCUT2D eigenvalue weighted by molar-refractivity contribution is -0.135. The predicted octanol–water partition coefficient (Wildman–Crippen LogP) is 2.27. The third kappa shape index (κ3) is 3.58. The third-order valence-corrected chi connectivity index (χ3v) is 5.39. The van der Waals surface area contributed by atoms with Crippen LogP contribution in [0, 0.1) is 0 Å². The van der Waals surface area contributed by atoms with Gasteiger partial charge in [-0.25, -0.2) is 0 Å². The number of hydrogen-bond donors (Lipinski definition) is 2. The van der Waals surface area contributed by atoms with Gasteiger partial charge in [0.25, 0.3) is 0 Å². The molecule has 1 aliphatic rings. The highest BCUT2D eigenvalue weighted by molar-refractivity contribution is 6.26. The number of rotatable bonds is 7. The van der Waals surface area contributed by atoms with Crippen LogP contribution in [-0.2, 0) is 11.3 Å². The highest BCUT2D eigenvalue weighted by Crippen LogP contribution is 2.34. The van der Waals surface area contributed by atoms with Crippen LogP contribution in [0.5, 0.6) is 11.5 Å². The summed E-state index contributed by atoms with van der Waals surface area (Å²) in [6.45, 7) is 0.0718. The van der Waals surface area contributed by atoms with Crippen LogP contribution in [0.3, 0.4) is 0 Å². The standard InChI is InChI=1S/C23H21N3O6/c1-31-13-6-12(7-14(8-13)32-2)11-26-17-5-3-4-15(23(24)30)20(17)21-18(27)10-25-16(22(21)26)9-19(28)29/h3-8H,9-11H2,1-2H3,(H2,24,30)(H,28,29). The van der Waals surface area contributed by atoms with Gasteiger partial charge >= 0.3 is 5.97 Å². The van der Waals surface area contributed by atoms with Crippen molar-refractivity contribution in [2.45, 2.75) is 13.0 Å². The molecule has 0 saturated carbocycles. The van der Waals surface area contributed by atoms with E-state index in [4.69, 9.17) is 15.2 Å². The molecular weight excluding hydrogens is 414 g/mol. The van der Waals surface area contributed by atoms with Crippen molar-refractivity contribution in [1.29, 1.82) is 0 Å². The normalized spacial score (nSPS) is 12.9. The highest BCUT2D eigenvalue weighted by Gasteiger charge is 2.32. The maximum atomic E-state index is 12.9. The van der Waals surface area contributed by atoms with Gasteiger partial charge in [-0.2, -0.15) is 0 Å². The molecule has 32 heavy (non-hydrogen) atoms. The Bertz CT molecular complexity index is 1280. The molecule has 2 heterocycles. The molecule has 0 unspecified atom stereocenters. The third-order valence-electron chi connectivity index (χ3n) is 5.39. The quantitative estimate of drug-likeness (QED) is 0.585. The number of amides is 1. The Morgan fingerprint density at radius 1 is 1.16 bits per heavy atom. The van der Waals surface area contributed by atoms with Crippen molar-refractivity contribution in [1.82, 2.24) is 4.57 Å². The number of nitrogens with zero attached hydrogens (tertiary/aromatic N) is 2. The summed E-state index contributed by atoms with van der Waals surface area (Å²) in [5.41, 5.74) is 8.10. The zero-order valence-corrected chi connectivity index (χ0v) is 17.5. The number of carboxylic acid groups (broad SMARTS) is 1. The minimum absolute atomic E-state index is 0.186. The van der Waals surface area contributed by atoms with Crippen LogP contribution in [0.2, 0.25) is 0 Å². The van der Waals surface area contributed by atoms with E-state index in [9.17, 15) is 19.5 Å². The number of carbonyl (C=O) groups is 3. The number of carbonyl (C=O) groups excluding carboxylic acids is 2. The fourth-order valence-corrected chi connectivity index (χ4v) is 4.09. The maximum Gasteiger partial charge on any atom is 0.309 e. The van der Waals surface area contributed by atoms with Crippen molar-refractivity contribution in [3.63, 3.8) is 0 Å². The molecule has 1 aromatic heterocycles. The topological polar surface area (TPSA) is 133 Å². The predicted molar refractivity (Wildman–Crippen MR) is 117 cm³/mol. The second-order valence-electron chi connectivity index (χ2n) is 7.35. The number of nitrogens with two attached hydrogens (primary N) is 1. The number of benzene rings is 2. The first-order valence-corrected chi connectivity index (χ1v) is 9.79. The van der Waals surface area contributed by atoms with Gasteiger partial charge in [-0.05, 0) is 29.8 Å². The molecule has 1 amide bonds. The molecule has 3 aromatic rings. The van der Waals surface area contributed by atoms with E-state index in [1.54, 1.807) is 43.1 Å². The number of methoxy groups -OCH3 is 2. The molecule has 0 aliphatic carbocycles. The second kappa shape index (κ2) is 8.18. The van der Waals surface area contributed by atoms with E-state index < -0.39 is 11.9 Å². The molecule has 0 spiro atoms. The summed E-state index contributed by atoms with van der Waals surface area (Å²) < 4.78 is 12.5. The molecule has 0 fully saturated rings.